The van der Waals surface area contributed by atoms with Crippen molar-refractivity contribution in [3.63, 3.8) is 0 Å². The van der Waals surface area contributed by atoms with Crippen molar-refractivity contribution in [2.45, 2.75) is 6.54 Å². The van der Waals surface area contributed by atoms with Gasteiger partial charge in [-0.25, -0.2) is 0 Å². The molecule has 0 fully saturated rings. The van der Waals surface area contributed by atoms with E-state index in [1.165, 1.54) is 12.7 Å². The third-order valence-corrected chi connectivity index (χ3v) is 2.91. The molecule has 0 spiro atoms. The van der Waals surface area contributed by atoms with E-state index in [1.54, 1.807) is 0 Å². The largest absolute Gasteiger partial charge is 0.326 e. The molecule has 0 saturated heterocycles. The fourth-order valence-corrected chi connectivity index (χ4v) is 2.51. The van der Waals surface area contributed by atoms with Crippen LogP contribution in [0, 0.1) is 7.14 Å². The minimum absolute atomic E-state index is 0.634. The van der Waals surface area contributed by atoms with E-state index in [0.29, 0.717) is 6.54 Å². The highest BCUT2D eigenvalue weighted by molar-refractivity contribution is 14.1. The Kier molecular flexibility index (Phi) is 3.38. The van der Waals surface area contributed by atoms with Crippen LogP contribution in [0.5, 0.6) is 0 Å². The van der Waals surface area contributed by atoms with Gasteiger partial charge in [-0.05, 0) is 62.9 Å². The molecule has 0 heterocycles. The summed E-state index contributed by atoms with van der Waals surface area (Å²) in [7, 11) is 0. The van der Waals surface area contributed by atoms with Gasteiger partial charge in [0.2, 0.25) is 0 Å². The van der Waals surface area contributed by atoms with Crippen molar-refractivity contribution in [2.24, 2.45) is 5.73 Å². The molecule has 10 heavy (non-hydrogen) atoms. The summed E-state index contributed by atoms with van der Waals surface area (Å²) in [5.74, 6) is 0. The van der Waals surface area contributed by atoms with Crippen molar-refractivity contribution in [3.05, 3.63) is 30.9 Å². The Labute approximate surface area is 87.7 Å². The van der Waals surface area contributed by atoms with E-state index >= 15 is 0 Å². The van der Waals surface area contributed by atoms with E-state index in [9.17, 15) is 0 Å². The molecular formula is C7H7I2N. The Morgan fingerprint density at radius 3 is 2.50 bits per heavy atom. The molecule has 54 valence electrons. The van der Waals surface area contributed by atoms with Crippen LogP contribution in [0.4, 0.5) is 0 Å². The van der Waals surface area contributed by atoms with Crippen molar-refractivity contribution < 1.29 is 0 Å². The van der Waals surface area contributed by atoms with Crippen molar-refractivity contribution in [1.29, 1.82) is 0 Å². The van der Waals surface area contributed by atoms with Gasteiger partial charge in [-0.1, -0.05) is 6.07 Å². The molecule has 1 nitrogen and oxygen atoms in total. The second-order valence-corrected chi connectivity index (χ2v) is 4.35. The highest BCUT2D eigenvalue weighted by atomic mass is 127. The first-order chi connectivity index (χ1) is 4.74. The quantitative estimate of drug-likeness (QED) is 0.766. The minimum atomic E-state index is 0.634. The molecule has 0 aliphatic rings. The molecule has 0 aromatic heterocycles. The van der Waals surface area contributed by atoms with Crippen LogP contribution < -0.4 is 5.73 Å². The van der Waals surface area contributed by atoms with Crippen LogP contribution in [0.1, 0.15) is 5.56 Å². The van der Waals surface area contributed by atoms with E-state index in [2.05, 4.69) is 63.4 Å². The average molecular weight is 359 g/mol. The predicted octanol–water partition coefficient (Wildman–Crippen LogP) is 2.35. The summed E-state index contributed by atoms with van der Waals surface area (Å²) in [6.07, 6.45) is 0. The second kappa shape index (κ2) is 3.87. The number of benzene rings is 1. The monoisotopic (exact) mass is 359 g/mol. The SMILES string of the molecule is NCc1ccc(I)cc1I. The highest BCUT2D eigenvalue weighted by Crippen LogP contribution is 2.14. The molecule has 0 aliphatic heterocycles. The number of nitrogens with two attached hydrogens (primary N) is 1. The maximum atomic E-state index is 5.49. The molecule has 1 aromatic rings. The Morgan fingerprint density at radius 2 is 2.00 bits per heavy atom. The maximum absolute atomic E-state index is 5.49. The van der Waals surface area contributed by atoms with Gasteiger partial charge in [-0.3, -0.25) is 0 Å². The summed E-state index contributed by atoms with van der Waals surface area (Å²) in [5.41, 5.74) is 6.72. The molecular weight excluding hydrogens is 352 g/mol. The molecule has 2 N–H and O–H groups in total. The standard InChI is InChI=1S/C7H7I2N/c8-6-2-1-5(4-10)7(9)3-6/h1-3H,4,10H2. The smallest absolute Gasteiger partial charge is 0.0188 e. The Hall–Kier alpha value is 0.640. The lowest BCUT2D eigenvalue weighted by atomic mass is 10.2. The van der Waals surface area contributed by atoms with Gasteiger partial charge < -0.3 is 5.73 Å². The van der Waals surface area contributed by atoms with Gasteiger partial charge in [0.1, 0.15) is 0 Å². The summed E-state index contributed by atoms with van der Waals surface area (Å²) in [4.78, 5) is 0. The summed E-state index contributed by atoms with van der Waals surface area (Å²) in [5, 5.41) is 0. The first-order valence-corrected chi connectivity index (χ1v) is 5.04. The van der Waals surface area contributed by atoms with Gasteiger partial charge in [-0.15, -0.1) is 0 Å². The molecule has 0 saturated carbocycles. The van der Waals surface area contributed by atoms with Gasteiger partial charge in [0.25, 0.3) is 0 Å². The van der Waals surface area contributed by atoms with Gasteiger partial charge >= 0.3 is 0 Å². The lowest BCUT2D eigenvalue weighted by Crippen LogP contribution is -1.98. The Bertz CT molecular complexity index is 235. The summed E-state index contributed by atoms with van der Waals surface area (Å²) in [6.45, 7) is 0.634. The third kappa shape index (κ3) is 2.06. The van der Waals surface area contributed by atoms with E-state index in [-0.39, 0.29) is 0 Å². The Balaban J connectivity index is 3.07. The molecule has 0 bridgehead atoms. The van der Waals surface area contributed by atoms with Gasteiger partial charge in [0.15, 0.2) is 0 Å². The van der Waals surface area contributed by atoms with Crippen LogP contribution in [0.2, 0.25) is 0 Å². The summed E-state index contributed by atoms with van der Waals surface area (Å²) >= 11 is 4.59. The summed E-state index contributed by atoms with van der Waals surface area (Å²) in [6, 6.07) is 6.28. The molecule has 3 heteroatoms. The first-order valence-electron chi connectivity index (χ1n) is 2.88. The van der Waals surface area contributed by atoms with Crippen LogP contribution in [0.25, 0.3) is 0 Å². The van der Waals surface area contributed by atoms with Crippen LogP contribution in [0.15, 0.2) is 18.2 Å². The maximum Gasteiger partial charge on any atom is 0.0188 e. The topological polar surface area (TPSA) is 26.0 Å². The second-order valence-electron chi connectivity index (χ2n) is 1.94. The van der Waals surface area contributed by atoms with Gasteiger partial charge in [0, 0.05) is 13.7 Å². The zero-order chi connectivity index (χ0) is 7.56. The fourth-order valence-electron chi connectivity index (χ4n) is 0.687. The minimum Gasteiger partial charge on any atom is -0.326 e. The molecule has 1 aromatic carbocycles. The Morgan fingerprint density at radius 1 is 1.30 bits per heavy atom. The van der Waals surface area contributed by atoms with Crippen molar-refractivity contribution in [3.8, 4) is 0 Å². The lowest BCUT2D eigenvalue weighted by molar-refractivity contribution is 1.06. The van der Waals surface area contributed by atoms with E-state index < -0.39 is 0 Å². The zero-order valence-electron chi connectivity index (χ0n) is 5.27. The normalized spacial score (nSPS) is 9.90. The number of rotatable bonds is 1. The molecule has 0 atom stereocenters. The molecule has 0 unspecified atom stereocenters. The van der Waals surface area contributed by atoms with E-state index in [1.807, 2.05) is 0 Å². The van der Waals surface area contributed by atoms with Crippen LogP contribution >= 0.6 is 45.2 Å². The number of halogens is 2. The average Bonchev–Trinajstić information content (AvgIpc) is 1.88. The molecule has 1 rings (SSSR count). The molecule has 0 amide bonds. The van der Waals surface area contributed by atoms with E-state index in [4.69, 9.17) is 5.73 Å². The number of hydrogen-bond acceptors (Lipinski definition) is 1. The highest BCUT2D eigenvalue weighted by Gasteiger charge is 1.95. The molecule has 0 aliphatic carbocycles. The van der Waals surface area contributed by atoms with Crippen molar-refractivity contribution in [1.82, 2.24) is 0 Å². The van der Waals surface area contributed by atoms with Crippen molar-refractivity contribution >= 4 is 45.2 Å². The predicted molar refractivity (Wildman–Crippen MR) is 59.8 cm³/mol. The van der Waals surface area contributed by atoms with Gasteiger partial charge in [-0.2, -0.15) is 0 Å². The van der Waals surface area contributed by atoms with Crippen LogP contribution in [-0.2, 0) is 6.54 Å². The lowest BCUT2D eigenvalue weighted by Gasteiger charge is -1.99. The summed E-state index contributed by atoms with van der Waals surface area (Å²) < 4.78 is 2.52. The number of hydrogen-bond donors (Lipinski definition) is 1. The van der Waals surface area contributed by atoms with E-state index in [0.717, 1.165) is 0 Å². The third-order valence-electron chi connectivity index (χ3n) is 1.24. The van der Waals surface area contributed by atoms with Crippen LogP contribution in [-0.4, -0.2) is 0 Å². The zero-order valence-corrected chi connectivity index (χ0v) is 9.59. The first kappa shape index (κ1) is 8.73. The molecule has 0 radical (unpaired) electrons. The fraction of sp³-hybridized carbons (Fsp3) is 0.143. The van der Waals surface area contributed by atoms with Crippen LogP contribution in [0.3, 0.4) is 0 Å². The van der Waals surface area contributed by atoms with Crippen molar-refractivity contribution in [2.75, 3.05) is 0 Å². The van der Waals surface area contributed by atoms with Gasteiger partial charge in [0.05, 0.1) is 0 Å².